The van der Waals surface area contributed by atoms with Crippen LogP contribution in [0.25, 0.3) is 0 Å². The summed E-state index contributed by atoms with van der Waals surface area (Å²) >= 11 is 0. The van der Waals surface area contributed by atoms with Gasteiger partial charge in [-0.2, -0.15) is 0 Å². The molecule has 0 unspecified atom stereocenters. The minimum absolute atomic E-state index is 0.0463. The molecule has 3 nitrogen and oxygen atoms in total. The number of rotatable bonds is 5. The standard InChI is InChI=1S/C12H20FN3/c1-9-6-10(4-5-11(9)13)12(2,3)7-15-8-16-14/h4-6,15-16H,7-8,14H2,1-3H3. The molecule has 0 bridgehead atoms. The molecular formula is C12H20FN3. The summed E-state index contributed by atoms with van der Waals surface area (Å²) in [6.45, 7) is 7.35. The maximum atomic E-state index is 13.2. The van der Waals surface area contributed by atoms with Crippen LogP contribution in [0, 0.1) is 12.7 Å². The molecule has 4 N–H and O–H groups in total. The first-order chi connectivity index (χ1) is 7.47. The second-order valence-corrected chi connectivity index (χ2v) is 4.66. The van der Waals surface area contributed by atoms with Crippen LogP contribution in [0.2, 0.25) is 0 Å². The molecule has 0 saturated carbocycles. The van der Waals surface area contributed by atoms with Crippen molar-refractivity contribution in [3.8, 4) is 0 Å². The molecule has 0 aliphatic heterocycles. The molecule has 16 heavy (non-hydrogen) atoms. The van der Waals surface area contributed by atoms with E-state index in [2.05, 4.69) is 24.6 Å². The van der Waals surface area contributed by atoms with Gasteiger partial charge in [-0.3, -0.25) is 5.84 Å². The van der Waals surface area contributed by atoms with Crippen LogP contribution in [0.5, 0.6) is 0 Å². The van der Waals surface area contributed by atoms with Gasteiger partial charge in [-0.15, -0.1) is 0 Å². The van der Waals surface area contributed by atoms with Crippen molar-refractivity contribution in [2.45, 2.75) is 26.2 Å². The predicted octanol–water partition coefficient (Wildman–Crippen LogP) is 1.42. The molecule has 0 spiro atoms. The Hall–Kier alpha value is -0.970. The zero-order chi connectivity index (χ0) is 12.2. The monoisotopic (exact) mass is 225 g/mol. The van der Waals surface area contributed by atoms with Gasteiger partial charge in [0.05, 0.1) is 6.67 Å². The van der Waals surface area contributed by atoms with E-state index in [0.29, 0.717) is 12.2 Å². The Balaban J connectivity index is 2.76. The first kappa shape index (κ1) is 13.1. The third-order valence-corrected chi connectivity index (χ3v) is 2.73. The highest BCUT2D eigenvalue weighted by molar-refractivity contribution is 5.29. The Morgan fingerprint density at radius 1 is 1.38 bits per heavy atom. The predicted molar refractivity (Wildman–Crippen MR) is 64.4 cm³/mol. The zero-order valence-corrected chi connectivity index (χ0v) is 10.1. The summed E-state index contributed by atoms with van der Waals surface area (Å²) in [5.41, 5.74) is 4.30. The number of nitrogens with two attached hydrogens (primary N) is 1. The molecule has 0 aliphatic carbocycles. The molecule has 0 heterocycles. The summed E-state index contributed by atoms with van der Waals surface area (Å²) in [6.07, 6.45) is 0. The van der Waals surface area contributed by atoms with Gasteiger partial charge in [-0.05, 0) is 24.1 Å². The lowest BCUT2D eigenvalue weighted by Gasteiger charge is -2.26. The van der Waals surface area contributed by atoms with Crippen molar-refractivity contribution in [1.29, 1.82) is 0 Å². The van der Waals surface area contributed by atoms with Gasteiger partial charge in [0.15, 0.2) is 0 Å². The number of aryl methyl sites for hydroxylation is 1. The molecule has 0 atom stereocenters. The van der Waals surface area contributed by atoms with Crippen molar-refractivity contribution in [2.24, 2.45) is 5.84 Å². The molecule has 0 aliphatic rings. The van der Waals surface area contributed by atoms with Gasteiger partial charge in [-0.1, -0.05) is 26.0 Å². The maximum Gasteiger partial charge on any atom is 0.126 e. The van der Waals surface area contributed by atoms with Crippen molar-refractivity contribution < 1.29 is 4.39 Å². The lowest BCUT2D eigenvalue weighted by molar-refractivity contribution is 0.453. The second kappa shape index (κ2) is 5.39. The van der Waals surface area contributed by atoms with Crippen LogP contribution >= 0.6 is 0 Å². The average Bonchev–Trinajstić information content (AvgIpc) is 2.22. The number of hydrogen-bond acceptors (Lipinski definition) is 3. The highest BCUT2D eigenvalue weighted by Crippen LogP contribution is 2.24. The van der Waals surface area contributed by atoms with Gasteiger partial charge in [0.2, 0.25) is 0 Å². The second-order valence-electron chi connectivity index (χ2n) is 4.66. The fourth-order valence-electron chi connectivity index (χ4n) is 1.61. The Labute approximate surface area is 96.2 Å². The number of hydrogen-bond donors (Lipinski definition) is 3. The van der Waals surface area contributed by atoms with Crippen molar-refractivity contribution in [3.63, 3.8) is 0 Å². The van der Waals surface area contributed by atoms with Gasteiger partial charge in [0.25, 0.3) is 0 Å². The van der Waals surface area contributed by atoms with Crippen LogP contribution < -0.4 is 16.6 Å². The zero-order valence-electron chi connectivity index (χ0n) is 10.1. The van der Waals surface area contributed by atoms with Crippen molar-refractivity contribution in [1.82, 2.24) is 10.7 Å². The van der Waals surface area contributed by atoms with E-state index in [-0.39, 0.29) is 11.2 Å². The Morgan fingerprint density at radius 2 is 2.06 bits per heavy atom. The van der Waals surface area contributed by atoms with E-state index < -0.39 is 0 Å². The number of benzene rings is 1. The largest absolute Gasteiger partial charge is 0.303 e. The summed E-state index contributed by atoms with van der Waals surface area (Å²) in [7, 11) is 0. The molecule has 4 heteroatoms. The van der Waals surface area contributed by atoms with Gasteiger partial charge in [0, 0.05) is 12.0 Å². The molecule has 1 aromatic rings. The minimum atomic E-state index is -0.156. The summed E-state index contributed by atoms with van der Waals surface area (Å²) in [5, 5.41) is 3.18. The Kier molecular flexibility index (Phi) is 4.41. The SMILES string of the molecule is Cc1cc(C(C)(C)CNCNN)ccc1F. The van der Waals surface area contributed by atoms with E-state index in [1.54, 1.807) is 6.92 Å². The topological polar surface area (TPSA) is 50.1 Å². The molecular weight excluding hydrogens is 205 g/mol. The molecule has 0 saturated heterocycles. The van der Waals surface area contributed by atoms with Gasteiger partial charge in [-0.25, -0.2) is 9.82 Å². The van der Waals surface area contributed by atoms with E-state index in [4.69, 9.17) is 5.84 Å². The molecule has 1 rings (SSSR count). The van der Waals surface area contributed by atoms with Crippen molar-refractivity contribution in [2.75, 3.05) is 13.2 Å². The van der Waals surface area contributed by atoms with E-state index in [9.17, 15) is 4.39 Å². The van der Waals surface area contributed by atoms with Crippen LogP contribution in [0.1, 0.15) is 25.0 Å². The van der Waals surface area contributed by atoms with Gasteiger partial charge in [0.1, 0.15) is 5.82 Å². The first-order valence-corrected chi connectivity index (χ1v) is 5.38. The molecule has 1 aromatic carbocycles. The Bertz CT molecular complexity index is 350. The fourth-order valence-corrected chi connectivity index (χ4v) is 1.61. The quantitative estimate of drug-likeness (QED) is 0.307. The normalized spacial score (nSPS) is 11.8. The number of hydrazine groups is 1. The van der Waals surface area contributed by atoms with Crippen LogP contribution in [0.4, 0.5) is 4.39 Å². The van der Waals surface area contributed by atoms with Crippen molar-refractivity contribution >= 4 is 0 Å². The molecule has 0 aromatic heterocycles. The van der Waals surface area contributed by atoms with Crippen LogP contribution in [0.3, 0.4) is 0 Å². The summed E-state index contributed by atoms with van der Waals surface area (Å²) in [5.74, 6) is 5.02. The summed E-state index contributed by atoms with van der Waals surface area (Å²) in [4.78, 5) is 0. The van der Waals surface area contributed by atoms with Gasteiger partial charge < -0.3 is 5.32 Å². The molecule has 0 fully saturated rings. The molecule has 0 radical (unpaired) electrons. The summed E-state index contributed by atoms with van der Waals surface area (Å²) < 4.78 is 13.2. The highest BCUT2D eigenvalue weighted by atomic mass is 19.1. The van der Waals surface area contributed by atoms with E-state index in [0.717, 1.165) is 12.1 Å². The van der Waals surface area contributed by atoms with Gasteiger partial charge >= 0.3 is 0 Å². The van der Waals surface area contributed by atoms with E-state index >= 15 is 0 Å². The van der Waals surface area contributed by atoms with Crippen molar-refractivity contribution in [3.05, 3.63) is 35.1 Å². The van der Waals surface area contributed by atoms with Crippen LogP contribution in [-0.4, -0.2) is 13.2 Å². The maximum absolute atomic E-state index is 13.2. The third-order valence-electron chi connectivity index (χ3n) is 2.73. The number of halogens is 1. The van der Waals surface area contributed by atoms with E-state index in [1.807, 2.05) is 12.1 Å². The first-order valence-electron chi connectivity index (χ1n) is 5.38. The molecule has 90 valence electrons. The highest BCUT2D eigenvalue weighted by Gasteiger charge is 2.20. The lowest BCUT2D eigenvalue weighted by atomic mass is 9.84. The smallest absolute Gasteiger partial charge is 0.126 e. The lowest BCUT2D eigenvalue weighted by Crippen LogP contribution is -2.40. The average molecular weight is 225 g/mol. The fraction of sp³-hybridized carbons (Fsp3) is 0.500. The Morgan fingerprint density at radius 3 is 2.62 bits per heavy atom. The summed E-state index contributed by atoms with van der Waals surface area (Å²) in [6, 6.07) is 5.25. The molecule has 0 amide bonds. The van der Waals surface area contributed by atoms with Crippen LogP contribution in [0.15, 0.2) is 18.2 Å². The number of nitrogens with one attached hydrogen (secondary N) is 2. The van der Waals surface area contributed by atoms with E-state index in [1.165, 1.54) is 6.07 Å². The minimum Gasteiger partial charge on any atom is -0.303 e. The third kappa shape index (κ3) is 3.27. The van der Waals surface area contributed by atoms with Crippen LogP contribution in [-0.2, 0) is 5.41 Å².